The Morgan fingerprint density at radius 1 is 0.859 bits per heavy atom. The molecule has 4 aliphatic heterocycles. The molecule has 4 saturated heterocycles. The van der Waals surface area contributed by atoms with Crippen molar-refractivity contribution in [2.75, 3.05) is 97.4 Å². The van der Waals surface area contributed by atoms with Gasteiger partial charge in [-0.1, -0.05) is 13.0 Å². The minimum Gasteiger partial charge on any atom is -0.494 e. The highest BCUT2D eigenvalue weighted by atomic mass is 79.9. The molecule has 2 amide bonds. The lowest BCUT2D eigenvalue weighted by Gasteiger charge is -2.44. The van der Waals surface area contributed by atoms with Crippen LogP contribution in [0.15, 0.2) is 70.3 Å². The van der Waals surface area contributed by atoms with Gasteiger partial charge in [-0.05, 0) is 96.3 Å². The predicted octanol–water partition coefficient (Wildman–Crippen LogP) is 6.08. The van der Waals surface area contributed by atoms with Crippen molar-refractivity contribution in [3.05, 3.63) is 81.6 Å². The van der Waals surface area contributed by atoms with Crippen molar-refractivity contribution in [2.24, 2.45) is 13.0 Å². The second-order valence-corrected chi connectivity index (χ2v) is 20.9. The summed E-state index contributed by atoms with van der Waals surface area (Å²) in [6.45, 7) is 11.4. The zero-order valence-corrected chi connectivity index (χ0v) is 43.0. The summed E-state index contributed by atoms with van der Waals surface area (Å²) in [6.07, 6.45) is 12.3. The topological polar surface area (TPSA) is 200 Å². The number of imidazole rings is 1. The summed E-state index contributed by atoms with van der Waals surface area (Å²) in [4.78, 5) is 66.7. The standard InChI is InChI=1S/C50H61BrN14O5S/c1-5-32-27-37(56-49-54-29-34(51)47(58-49)55-36-10-9-35-44(53-18-17-52-35)45(36)59-71(4)69)42(70-3)28-41(32)64-21-15-33(16-22-64)62-25-23-61(24-26-62)30-31-13-19-63(20-14-31)38-7-6-8-39-46(38)60(2)50(68)65(39)40-11-12-43(66)57-48(40)67/h6-10,17-18,27-29,31,33,40,59H,5,11-16,19-26,30H2,1-4H3,(H,57,66,67)(H2,54,55,56,58). The Morgan fingerprint density at radius 2 is 1.61 bits per heavy atom. The van der Waals surface area contributed by atoms with Crippen LogP contribution in [0, 0.1) is 5.92 Å². The number of piperidine rings is 3. The van der Waals surface area contributed by atoms with Gasteiger partial charge in [-0.3, -0.25) is 38.9 Å². The molecule has 10 rings (SSSR count). The fourth-order valence-electron chi connectivity index (χ4n) is 11.0. The third-order valence-corrected chi connectivity index (χ3v) is 15.8. The molecule has 3 aromatic carbocycles. The van der Waals surface area contributed by atoms with Crippen LogP contribution >= 0.6 is 15.9 Å². The largest absolute Gasteiger partial charge is 0.494 e. The number of nitrogens with zero attached hydrogens (tertiary/aromatic N) is 10. The smallest absolute Gasteiger partial charge is 0.329 e. The molecular formula is C50H61BrN14O5S. The first-order valence-corrected chi connectivity index (χ1v) is 26.9. The van der Waals surface area contributed by atoms with E-state index in [0.717, 1.165) is 113 Å². The molecule has 3 aromatic heterocycles. The van der Waals surface area contributed by atoms with Gasteiger partial charge in [0.2, 0.25) is 17.8 Å². The number of piperazine rings is 1. The summed E-state index contributed by atoms with van der Waals surface area (Å²) in [5, 5.41) is 9.19. The van der Waals surface area contributed by atoms with Crippen molar-refractivity contribution in [1.29, 1.82) is 0 Å². The SMILES string of the molecule is CCc1cc(Nc2ncc(Br)c(Nc3ccc4nccnc4c3NS(C)=O)n2)c(OC)cc1N1CCC(N2CCN(CC3CCN(c4cccc5c4n(C)c(=O)n5C4CCC(=O)NC4=O)CC3)CC2)CC1. The highest BCUT2D eigenvalue weighted by molar-refractivity contribution is 9.10. The number of carbonyl (C=O) groups excluding carboxylic acids is 2. The molecule has 2 unspecified atom stereocenters. The van der Waals surface area contributed by atoms with Crippen LogP contribution in [-0.4, -0.2) is 133 Å². The van der Waals surface area contributed by atoms with Crippen molar-refractivity contribution in [3.8, 4) is 5.75 Å². The van der Waals surface area contributed by atoms with Gasteiger partial charge in [-0.15, -0.1) is 0 Å². The molecule has 0 bridgehead atoms. The number of nitrogens with one attached hydrogen (secondary N) is 4. The van der Waals surface area contributed by atoms with E-state index in [-0.39, 0.29) is 18.0 Å². The van der Waals surface area contributed by atoms with Crippen LogP contribution in [0.25, 0.3) is 22.1 Å². The van der Waals surface area contributed by atoms with E-state index in [4.69, 9.17) is 9.72 Å². The molecule has 7 heterocycles. The number of amides is 2. The number of fused-ring (bicyclic) bond motifs is 2. The van der Waals surface area contributed by atoms with Gasteiger partial charge in [-0.25, -0.2) is 14.0 Å². The quantitative estimate of drug-likeness (QED) is 0.0915. The minimum atomic E-state index is -1.36. The summed E-state index contributed by atoms with van der Waals surface area (Å²) < 4.78 is 25.2. The number of halogens is 1. The Hall–Kier alpha value is -6.16. The highest BCUT2D eigenvalue weighted by Crippen LogP contribution is 2.39. The number of ether oxygens (including phenoxy) is 1. The molecule has 0 aliphatic carbocycles. The van der Waals surface area contributed by atoms with E-state index in [1.54, 1.807) is 48.1 Å². The number of aryl methyl sites for hydroxylation is 2. The first kappa shape index (κ1) is 48.5. The Labute approximate surface area is 423 Å². The van der Waals surface area contributed by atoms with E-state index in [2.05, 4.69) is 96.3 Å². The number of hydrogen-bond acceptors (Lipinski definition) is 15. The molecular weight excluding hydrogens is 989 g/mol. The lowest BCUT2D eigenvalue weighted by atomic mass is 9.95. The third kappa shape index (κ3) is 10.1. The van der Waals surface area contributed by atoms with Crippen molar-refractivity contribution in [3.63, 3.8) is 0 Å². The van der Waals surface area contributed by atoms with E-state index in [9.17, 15) is 18.6 Å². The second-order valence-electron chi connectivity index (χ2n) is 19.0. The summed E-state index contributed by atoms with van der Waals surface area (Å²) in [7, 11) is 2.11. The summed E-state index contributed by atoms with van der Waals surface area (Å²) in [5.41, 5.74) is 8.00. The minimum absolute atomic E-state index is 0.222. The van der Waals surface area contributed by atoms with Gasteiger partial charge in [0.1, 0.15) is 34.1 Å². The zero-order chi connectivity index (χ0) is 49.3. The van der Waals surface area contributed by atoms with Gasteiger partial charge in [0.15, 0.2) is 0 Å². The maximum atomic E-state index is 13.5. The van der Waals surface area contributed by atoms with Crippen molar-refractivity contribution >= 4 is 101 Å². The number of rotatable bonds is 14. The number of methoxy groups -OCH3 is 1. The van der Waals surface area contributed by atoms with Crippen LogP contribution in [0.4, 0.5) is 40.2 Å². The molecule has 21 heteroatoms. The first-order valence-electron chi connectivity index (χ1n) is 24.6. The normalized spacial score (nSPS) is 19.3. The lowest BCUT2D eigenvalue weighted by Crippen LogP contribution is -2.54. The number of imide groups is 1. The van der Waals surface area contributed by atoms with Crippen LogP contribution in [0.2, 0.25) is 0 Å². The van der Waals surface area contributed by atoms with Crippen molar-refractivity contribution in [1.82, 2.24) is 44.2 Å². The van der Waals surface area contributed by atoms with E-state index in [0.29, 0.717) is 62.8 Å². The monoisotopic (exact) mass is 1050 g/mol. The van der Waals surface area contributed by atoms with Crippen molar-refractivity contribution in [2.45, 2.75) is 64.0 Å². The molecule has 4 N–H and O–H groups in total. The number of hydrogen-bond donors (Lipinski definition) is 4. The third-order valence-electron chi connectivity index (χ3n) is 14.7. The number of para-hydroxylation sites is 1. The number of benzene rings is 3. The van der Waals surface area contributed by atoms with Crippen LogP contribution < -0.4 is 40.9 Å². The molecule has 0 saturated carbocycles. The van der Waals surface area contributed by atoms with Crippen LogP contribution in [-0.2, 0) is 34.0 Å². The number of aromatic nitrogens is 6. The summed E-state index contributed by atoms with van der Waals surface area (Å²) in [6, 6.07) is 13.8. The second kappa shape index (κ2) is 20.9. The predicted molar refractivity (Wildman–Crippen MR) is 283 cm³/mol. The number of anilines is 7. The van der Waals surface area contributed by atoms with E-state index in [1.807, 2.05) is 24.3 Å². The van der Waals surface area contributed by atoms with Gasteiger partial charge >= 0.3 is 5.69 Å². The lowest BCUT2D eigenvalue weighted by molar-refractivity contribution is -0.135. The molecule has 0 spiro atoms. The molecule has 6 aromatic rings. The van der Waals surface area contributed by atoms with Gasteiger partial charge in [0, 0.05) is 115 Å². The van der Waals surface area contributed by atoms with Crippen LogP contribution in [0.5, 0.6) is 5.75 Å². The Bertz CT molecular complexity index is 3050. The number of carbonyl (C=O) groups is 2. The average molecular weight is 1050 g/mol. The van der Waals surface area contributed by atoms with Crippen molar-refractivity contribution < 1.29 is 18.5 Å². The maximum absolute atomic E-state index is 13.5. The van der Waals surface area contributed by atoms with Gasteiger partial charge in [0.05, 0.1) is 50.9 Å². The molecule has 4 fully saturated rings. The molecule has 4 aliphatic rings. The molecule has 71 heavy (non-hydrogen) atoms. The molecule has 374 valence electrons. The Kier molecular flexibility index (Phi) is 14.3. The van der Waals surface area contributed by atoms with E-state index in [1.165, 1.54) is 11.3 Å². The van der Waals surface area contributed by atoms with Gasteiger partial charge < -0.3 is 34.8 Å². The van der Waals surface area contributed by atoms with E-state index < -0.39 is 22.9 Å². The molecule has 19 nitrogen and oxygen atoms in total. The van der Waals surface area contributed by atoms with E-state index >= 15 is 0 Å². The Balaban J connectivity index is 0.723. The van der Waals surface area contributed by atoms with Crippen LogP contribution in [0.1, 0.15) is 57.1 Å². The van der Waals surface area contributed by atoms with Gasteiger partial charge in [-0.2, -0.15) is 4.98 Å². The van der Waals surface area contributed by atoms with Gasteiger partial charge in [0.25, 0.3) is 0 Å². The summed E-state index contributed by atoms with van der Waals surface area (Å²) >= 11 is 3.60. The average Bonchev–Trinajstić information content (AvgIpc) is 3.64. The zero-order valence-electron chi connectivity index (χ0n) is 40.6. The molecule has 2 atom stereocenters. The fraction of sp³-hybridized carbons (Fsp3) is 0.460. The maximum Gasteiger partial charge on any atom is 0.329 e. The first-order chi connectivity index (χ1) is 34.5. The van der Waals surface area contributed by atoms with Crippen LogP contribution in [0.3, 0.4) is 0 Å². The fourth-order valence-corrected chi connectivity index (χ4v) is 11.8. The highest BCUT2D eigenvalue weighted by Gasteiger charge is 2.34. The Morgan fingerprint density at radius 3 is 2.34 bits per heavy atom. The summed E-state index contributed by atoms with van der Waals surface area (Å²) in [5.74, 6) is 1.51. The molecule has 0 radical (unpaired) electrons.